The highest BCUT2D eigenvalue weighted by molar-refractivity contribution is 6.30. The SMILES string of the molecule is Cn1c(=O)n(Cc2cccc(Cl)c2)c(=O)c2cc(C(=O)O)ccc21. The van der Waals surface area contributed by atoms with Crippen molar-refractivity contribution in [2.45, 2.75) is 6.54 Å². The second-order valence-corrected chi connectivity index (χ2v) is 5.84. The number of aryl methyl sites for hydroxylation is 1. The molecule has 6 nitrogen and oxygen atoms in total. The first-order valence-corrected chi connectivity index (χ1v) is 7.47. The second-order valence-electron chi connectivity index (χ2n) is 5.40. The maximum Gasteiger partial charge on any atom is 0.335 e. The molecule has 0 unspecified atom stereocenters. The molecule has 3 rings (SSSR count). The van der Waals surface area contributed by atoms with Gasteiger partial charge >= 0.3 is 11.7 Å². The molecule has 0 radical (unpaired) electrons. The van der Waals surface area contributed by atoms with Crippen LogP contribution in [0.15, 0.2) is 52.1 Å². The van der Waals surface area contributed by atoms with Crippen molar-refractivity contribution in [3.8, 4) is 0 Å². The average molecular weight is 345 g/mol. The van der Waals surface area contributed by atoms with Crippen LogP contribution in [0.25, 0.3) is 10.9 Å². The molecule has 122 valence electrons. The van der Waals surface area contributed by atoms with E-state index in [0.29, 0.717) is 16.1 Å². The quantitative estimate of drug-likeness (QED) is 0.789. The van der Waals surface area contributed by atoms with E-state index in [9.17, 15) is 14.4 Å². The van der Waals surface area contributed by atoms with Gasteiger partial charge in [0.25, 0.3) is 5.56 Å². The lowest BCUT2D eigenvalue weighted by atomic mass is 10.1. The Morgan fingerprint density at radius 2 is 1.92 bits per heavy atom. The molecule has 1 aromatic heterocycles. The van der Waals surface area contributed by atoms with Crippen molar-refractivity contribution in [2.24, 2.45) is 7.05 Å². The lowest BCUT2D eigenvalue weighted by molar-refractivity contribution is 0.0697. The molecular formula is C17H13ClN2O4. The van der Waals surface area contributed by atoms with E-state index in [1.54, 1.807) is 31.3 Å². The van der Waals surface area contributed by atoms with Crippen molar-refractivity contribution in [1.29, 1.82) is 0 Å². The minimum absolute atomic E-state index is 0.00689. The molecular weight excluding hydrogens is 332 g/mol. The van der Waals surface area contributed by atoms with Gasteiger partial charge in [-0.05, 0) is 35.9 Å². The molecule has 0 saturated heterocycles. The summed E-state index contributed by atoms with van der Waals surface area (Å²) in [5, 5.41) is 9.79. The normalized spacial score (nSPS) is 10.9. The molecule has 3 aromatic rings. The van der Waals surface area contributed by atoms with Gasteiger partial charge < -0.3 is 5.11 Å². The summed E-state index contributed by atoms with van der Waals surface area (Å²) in [5.41, 5.74) is 0.0760. The smallest absolute Gasteiger partial charge is 0.335 e. The Kier molecular flexibility index (Phi) is 3.99. The number of carbonyl (C=O) groups is 1. The predicted molar refractivity (Wildman–Crippen MR) is 91.0 cm³/mol. The number of carboxylic acid groups (broad SMARTS) is 1. The third kappa shape index (κ3) is 2.72. The van der Waals surface area contributed by atoms with Crippen molar-refractivity contribution < 1.29 is 9.90 Å². The summed E-state index contributed by atoms with van der Waals surface area (Å²) in [5.74, 6) is -1.13. The van der Waals surface area contributed by atoms with Crippen LogP contribution in [0.4, 0.5) is 0 Å². The predicted octanol–water partition coefficient (Wildman–Crippen LogP) is 2.10. The average Bonchev–Trinajstić information content (AvgIpc) is 2.56. The van der Waals surface area contributed by atoms with E-state index in [4.69, 9.17) is 16.7 Å². The van der Waals surface area contributed by atoms with Gasteiger partial charge in [-0.1, -0.05) is 23.7 Å². The van der Waals surface area contributed by atoms with Crippen molar-refractivity contribution >= 4 is 28.5 Å². The summed E-state index contributed by atoms with van der Waals surface area (Å²) in [6.07, 6.45) is 0. The molecule has 0 aliphatic rings. The van der Waals surface area contributed by atoms with Gasteiger partial charge in [0.05, 0.1) is 23.0 Å². The zero-order valence-corrected chi connectivity index (χ0v) is 13.4. The Morgan fingerprint density at radius 1 is 1.17 bits per heavy atom. The molecule has 0 atom stereocenters. The Bertz CT molecular complexity index is 1080. The molecule has 2 aromatic carbocycles. The number of hydrogen-bond acceptors (Lipinski definition) is 3. The van der Waals surface area contributed by atoms with Crippen molar-refractivity contribution in [2.75, 3.05) is 0 Å². The van der Waals surface area contributed by atoms with E-state index in [-0.39, 0.29) is 17.5 Å². The zero-order chi connectivity index (χ0) is 17.4. The summed E-state index contributed by atoms with van der Waals surface area (Å²) in [7, 11) is 1.54. The van der Waals surface area contributed by atoms with E-state index in [1.165, 1.54) is 22.8 Å². The molecule has 0 aliphatic heterocycles. The molecule has 0 amide bonds. The number of halogens is 1. The maximum absolute atomic E-state index is 12.7. The fourth-order valence-corrected chi connectivity index (χ4v) is 2.82. The van der Waals surface area contributed by atoms with Crippen molar-refractivity contribution in [1.82, 2.24) is 9.13 Å². The molecule has 0 aliphatic carbocycles. The van der Waals surface area contributed by atoms with Crippen LogP contribution in [0.1, 0.15) is 15.9 Å². The van der Waals surface area contributed by atoms with Crippen LogP contribution in [0, 0.1) is 0 Å². The largest absolute Gasteiger partial charge is 0.478 e. The van der Waals surface area contributed by atoms with Crippen LogP contribution in [0.2, 0.25) is 5.02 Å². The number of nitrogens with zero attached hydrogens (tertiary/aromatic N) is 2. The molecule has 1 N–H and O–H groups in total. The van der Waals surface area contributed by atoms with E-state index in [1.807, 2.05) is 0 Å². The number of aromatic carboxylic acids is 1. The highest BCUT2D eigenvalue weighted by Gasteiger charge is 2.14. The van der Waals surface area contributed by atoms with Crippen LogP contribution in [-0.4, -0.2) is 20.2 Å². The van der Waals surface area contributed by atoms with Crippen molar-refractivity contribution in [3.05, 3.63) is 79.5 Å². The highest BCUT2D eigenvalue weighted by Crippen LogP contribution is 2.13. The number of aromatic nitrogens is 2. The van der Waals surface area contributed by atoms with Gasteiger partial charge in [0, 0.05) is 12.1 Å². The van der Waals surface area contributed by atoms with Crippen molar-refractivity contribution in [3.63, 3.8) is 0 Å². The van der Waals surface area contributed by atoms with E-state index in [0.717, 1.165) is 4.57 Å². The number of hydrogen-bond donors (Lipinski definition) is 1. The van der Waals surface area contributed by atoms with Crippen LogP contribution in [0.5, 0.6) is 0 Å². The minimum Gasteiger partial charge on any atom is -0.478 e. The molecule has 7 heteroatoms. The molecule has 0 spiro atoms. The summed E-state index contributed by atoms with van der Waals surface area (Å²) >= 11 is 5.94. The summed E-state index contributed by atoms with van der Waals surface area (Å²) in [6, 6.07) is 11.0. The summed E-state index contributed by atoms with van der Waals surface area (Å²) < 4.78 is 2.40. The van der Waals surface area contributed by atoms with E-state index >= 15 is 0 Å². The fourth-order valence-electron chi connectivity index (χ4n) is 2.61. The van der Waals surface area contributed by atoms with Gasteiger partial charge in [0.1, 0.15) is 0 Å². The number of rotatable bonds is 3. The standard InChI is InChI=1S/C17H13ClN2O4/c1-19-14-6-5-11(16(22)23)8-13(14)15(21)20(17(19)24)9-10-3-2-4-12(18)7-10/h2-8H,9H2,1H3,(H,22,23). The Morgan fingerprint density at radius 3 is 2.58 bits per heavy atom. The maximum atomic E-state index is 12.7. The van der Waals surface area contributed by atoms with Crippen LogP contribution >= 0.6 is 11.6 Å². The molecule has 0 bridgehead atoms. The lowest BCUT2D eigenvalue weighted by Gasteiger charge is -2.11. The van der Waals surface area contributed by atoms with Crippen LogP contribution < -0.4 is 11.2 Å². The summed E-state index contributed by atoms with van der Waals surface area (Å²) in [4.78, 5) is 36.3. The second kappa shape index (κ2) is 5.98. The molecule has 0 fully saturated rings. The minimum atomic E-state index is -1.13. The van der Waals surface area contributed by atoms with Gasteiger partial charge in [-0.15, -0.1) is 0 Å². The van der Waals surface area contributed by atoms with E-state index in [2.05, 4.69) is 0 Å². The first kappa shape index (κ1) is 16.0. The van der Waals surface area contributed by atoms with Crippen LogP contribution in [-0.2, 0) is 13.6 Å². The first-order chi connectivity index (χ1) is 11.4. The monoisotopic (exact) mass is 344 g/mol. The number of benzene rings is 2. The fraction of sp³-hybridized carbons (Fsp3) is 0.118. The number of carboxylic acids is 1. The molecule has 0 saturated carbocycles. The molecule has 1 heterocycles. The Hall–Kier alpha value is -2.86. The van der Waals surface area contributed by atoms with E-state index < -0.39 is 17.2 Å². The third-order valence-corrected chi connectivity index (χ3v) is 4.06. The molecule has 24 heavy (non-hydrogen) atoms. The zero-order valence-electron chi connectivity index (χ0n) is 12.7. The first-order valence-electron chi connectivity index (χ1n) is 7.10. The van der Waals surface area contributed by atoms with Gasteiger partial charge in [-0.3, -0.25) is 13.9 Å². The topological polar surface area (TPSA) is 81.3 Å². The summed E-state index contributed by atoms with van der Waals surface area (Å²) in [6.45, 7) is 0.0549. The van der Waals surface area contributed by atoms with Gasteiger partial charge in [0.15, 0.2) is 0 Å². The third-order valence-electron chi connectivity index (χ3n) is 3.83. The van der Waals surface area contributed by atoms with Crippen LogP contribution in [0.3, 0.4) is 0 Å². The van der Waals surface area contributed by atoms with Gasteiger partial charge in [-0.2, -0.15) is 0 Å². The Balaban J connectivity index is 2.26. The lowest BCUT2D eigenvalue weighted by Crippen LogP contribution is -2.39. The number of fused-ring (bicyclic) bond motifs is 1. The Labute approximate surface area is 141 Å². The highest BCUT2D eigenvalue weighted by atomic mass is 35.5. The van der Waals surface area contributed by atoms with Gasteiger partial charge in [0.2, 0.25) is 0 Å². The van der Waals surface area contributed by atoms with Gasteiger partial charge in [-0.25, -0.2) is 9.59 Å².